The van der Waals surface area contributed by atoms with Crippen molar-refractivity contribution in [1.29, 1.82) is 0 Å². The number of phenols is 1. The van der Waals surface area contributed by atoms with Crippen LogP contribution in [0.25, 0.3) is 0 Å². The maximum Gasteiger partial charge on any atom is 0.253 e. The van der Waals surface area contributed by atoms with Gasteiger partial charge in [0.1, 0.15) is 5.75 Å². The van der Waals surface area contributed by atoms with Gasteiger partial charge >= 0.3 is 0 Å². The molecule has 4 heteroatoms. The lowest BCUT2D eigenvalue weighted by Crippen LogP contribution is -2.51. The third-order valence-electron chi connectivity index (χ3n) is 3.10. The molecule has 0 radical (unpaired) electrons. The predicted molar refractivity (Wildman–Crippen MR) is 66.2 cm³/mol. The molecule has 1 saturated heterocycles. The van der Waals surface area contributed by atoms with Crippen LogP contribution in [0.2, 0.25) is 0 Å². The van der Waals surface area contributed by atoms with Crippen molar-refractivity contribution >= 4 is 5.91 Å². The van der Waals surface area contributed by atoms with Crippen LogP contribution in [0.4, 0.5) is 0 Å². The Labute approximate surface area is 101 Å². The molecule has 0 bridgehead atoms. The Hall–Kier alpha value is -1.55. The second-order valence-electron chi connectivity index (χ2n) is 4.61. The highest BCUT2D eigenvalue weighted by Crippen LogP contribution is 2.18. The average molecular weight is 234 g/mol. The number of aromatic hydroxyl groups is 1. The SMILES string of the molecule is Cc1cc(C(=O)N2CCN[C@@H](C)C2)ccc1O. The van der Waals surface area contributed by atoms with Gasteiger partial charge in [-0.05, 0) is 37.6 Å². The maximum atomic E-state index is 12.2. The Balaban J connectivity index is 2.15. The van der Waals surface area contributed by atoms with Crippen molar-refractivity contribution in [3.63, 3.8) is 0 Å². The molecule has 2 N–H and O–H groups in total. The van der Waals surface area contributed by atoms with Gasteiger partial charge in [0.15, 0.2) is 0 Å². The van der Waals surface area contributed by atoms with Crippen LogP contribution < -0.4 is 5.32 Å². The molecule has 92 valence electrons. The van der Waals surface area contributed by atoms with Gasteiger partial charge in [-0.3, -0.25) is 4.79 Å². The van der Waals surface area contributed by atoms with Crippen molar-refractivity contribution in [1.82, 2.24) is 10.2 Å². The number of nitrogens with one attached hydrogen (secondary N) is 1. The molecule has 1 aliphatic heterocycles. The van der Waals surface area contributed by atoms with Crippen LogP contribution >= 0.6 is 0 Å². The van der Waals surface area contributed by atoms with Crippen LogP contribution in [-0.2, 0) is 0 Å². The van der Waals surface area contributed by atoms with E-state index >= 15 is 0 Å². The third-order valence-corrected chi connectivity index (χ3v) is 3.10. The lowest BCUT2D eigenvalue weighted by molar-refractivity contribution is 0.0709. The van der Waals surface area contributed by atoms with Gasteiger partial charge in [0.05, 0.1) is 0 Å². The van der Waals surface area contributed by atoms with E-state index in [0.29, 0.717) is 11.6 Å². The largest absolute Gasteiger partial charge is 0.508 e. The molecule has 0 spiro atoms. The van der Waals surface area contributed by atoms with Crippen molar-refractivity contribution in [2.45, 2.75) is 19.9 Å². The minimum atomic E-state index is 0.0430. The number of hydrogen-bond donors (Lipinski definition) is 2. The first-order valence-electron chi connectivity index (χ1n) is 5.90. The van der Waals surface area contributed by atoms with Gasteiger partial charge in [-0.15, -0.1) is 0 Å². The van der Waals surface area contributed by atoms with Crippen LogP contribution in [0, 0.1) is 6.92 Å². The fourth-order valence-electron chi connectivity index (χ4n) is 2.09. The number of piperazine rings is 1. The number of carbonyl (C=O) groups excluding carboxylic acids is 1. The molecule has 0 unspecified atom stereocenters. The van der Waals surface area contributed by atoms with Gasteiger partial charge < -0.3 is 15.3 Å². The summed E-state index contributed by atoms with van der Waals surface area (Å²) in [6.07, 6.45) is 0. The Morgan fingerprint density at radius 2 is 2.29 bits per heavy atom. The van der Waals surface area contributed by atoms with Gasteiger partial charge in [0.2, 0.25) is 0 Å². The van der Waals surface area contributed by atoms with E-state index in [0.717, 1.165) is 25.2 Å². The summed E-state index contributed by atoms with van der Waals surface area (Å²) in [7, 11) is 0. The Morgan fingerprint density at radius 1 is 1.53 bits per heavy atom. The predicted octanol–water partition coefficient (Wildman–Crippen LogP) is 1.13. The van der Waals surface area contributed by atoms with Crippen LogP contribution in [0.15, 0.2) is 18.2 Å². The minimum absolute atomic E-state index is 0.0430. The van der Waals surface area contributed by atoms with E-state index in [1.54, 1.807) is 25.1 Å². The van der Waals surface area contributed by atoms with E-state index in [1.165, 1.54) is 0 Å². The van der Waals surface area contributed by atoms with Gasteiger partial charge in [0.25, 0.3) is 5.91 Å². The molecule has 1 fully saturated rings. The fourth-order valence-corrected chi connectivity index (χ4v) is 2.09. The molecule has 1 amide bonds. The molecule has 1 atom stereocenters. The minimum Gasteiger partial charge on any atom is -0.508 e. The van der Waals surface area contributed by atoms with Gasteiger partial charge in [-0.1, -0.05) is 0 Å². The molecule has 1 aromatic rings. The third kappa shape index (κ3) is 2.58. The summed E-state index contributed by atoms with van der Waals surface area (Å²) < 4.78 is 0. The van der Waals surface area contributed by atoms with Gasteiger partial charge in [0, 0.05) is 31.2 Å². The Bertz CT molecular complexity index is 431. The Morgan fingerprint density at radius 3 is 2.94 bits per heavy atom. The first-order chi connectivity index (χ1) is 8.08. The molecule has 1 aromatic carbocycles. The summed E-state index contributed by atoms with van der Waals surface area (Å²) in [5.74, 6) is 0.275. The summed E-state index contributed by atoms with van der Waals surface area (Å²) in [5.41, 5.74) is 1.38. The molecule has 1 aliphatic rings. The molecule has 1 heterocycles. The van der Waals surface area contributed by atoms with Crippen LogP contribution in [0.3, 0.4) is 0 Å². The smallest absolute Gasteiger partial charge is 0.253 e. The van der Waals surface area contributed by atoms with E-state index in [9.17, 15) is 9.90 Å². The zero-order chi connectivity index (χ0) is 12.4. The van der Waals surface area contributed by atoms with Gasteiger partial charge in [-0.25, -0.2) is 0 Å². The fraction of sp³-hybridized carbons (Fsp3) is 0.462. The summed E-state index contributed by atoms with van der Waals surface area (Å²) in [6, 6.07) is 5.33. The van der Waals surface area contributed by atoms with Crippen molar-refractivity contribution in [3.05, 3.63) is 29.3 Å². The van der Waals surface area contributed by atoms with Crippen molar-refractivity contribution in [3.8, 4) is 5.75 Å². The number of amides is 1. The van der Waals surface area contributed by atoms with E-state index in [4.69, 9.17) is 0 Å². The topological polar surface area (TPSA) is 52.6 Å². The van der Waals surface area contributed by atoms with E-state index in [1.807, 2.05) is 4.90 Å². The highest BCUT2D eigenvalue weighted by atomic mass is 16.3. The van der Waals surface area contributed by atoms with E-state index in [2.05, 4.69) is 12.2 Å². The number of aryl methyl sites for hydroxylation is 1. The number of rotatable bonds is 1. The molecule has 2 rings (SSSR count). The molecular weight excluding hydrogens is 216 g/mol. The number of carbonyl (C=O) groups is 1. The number of phenolic OH excluding ortho intramolecular Hbond substituents is 1. The first kappa shape index (κ1) is 11.9. The van der Waals surface area contributed by atoms with Crippen molar-refractivity contribution in [2.24, 2.45) is 0 Å². The van der Waals surface area contributed by atoms with Crippen molar-refractivity contribution < 1.29 is 9.90 Å². The number of nitrogens with zero attached hydrogens (tertiary/aromatic N) is 1. The van der Waals surface area contributed by atoms with E-state index < -0.39 is 0 Å². The number of hydrogen-bond acceptors (Lipinski definition) is 3. The molecule has 0 saturated carbocycles. The van der Waals surface area contributed by atoms with Crippen molar-refractivity contribution in [2.75, 3.05) is 19.6 Å². The average Bonchev–Trinajstić information content (AvgIpc) is 2.32. The lowest BCUT2D eigenvalue weighted by atomic mass is 10.1. The molecule has 0 aliphatic carbocycles. The maximum absolute atomic E-state index is 12.2. The highest BCUT2D eigenvalue weighted by molar-refractivity contribution is 5.94. The van der Waals surface area contributed by atoms with Crippen LogP contribution in [0.1, 0.15) is 22.8 Å². The van der Waals surface area contributed by atoms with E-state index in [-0.39, 0.29) is 11.7 Å². The Kier molecular flexibility index (Phi) is 3.33. The monoisotopic (exact) mass is 234 g/mol. The van der Waals surface area contributed by atoms with Crippen LogP contribution in [0.5, 0.6) is 5.75 Å². The molecule has 4 nitrogen and oxygen atoms in total. The van der Waals surface area contributed by atoms with Gasteiger partial charge in [-0.2, -0.15) is 0 Å². The molecule has 0 aromatic heterocycles. The van der Waals surface area contributed by atoms with Crippen LogP contribution in [-0.4, -0.2) is 41.6 Å². The summed E-state index contributed by atoms with van der Waals surface area (Å²) in [4.78, 5) is 14.1. The normalized spacial score (nSPS) is 20.4. The zero-order valence-electron chi connectivity index (χ0n) is 10.2. The summed E-state index contributed by atoms with van der Waals surface area (Å²) in [6.45, 7) is 6.18. The highest BCUT2D eigenvalue weighted by Gasteiger charge is 2.21. The zero-order valence-corrected chi connectivity index (χ0v) is 10.2. The lowest BCUT2D eigenvalue weighted by Gasteiger charge is -2.32. The quantitative estimate of drug-likeness (QED) is 0.766. The number of benzene rings is 1. The first-order valence-corrected chi connectivity index (χ1v) is 5.90. The second-order valence-corrected chi connectivity index (χ2v) is 4.61. The molecular formula is C13H18N2O2. The summed E-state index contributed by atoms with van der Waals surface area (Å²) >= 11 is 0. The molecule has 17 heavy (non-hydrogen) atoms. The summed E-state index contributed by atoms with van der Waals surface area (Å²) in [5, 5.41) is 12.7. The second kappa shape index (κ2) is 4.75. The standard InChI is InChI=1S/C13H18N2O2/c1-9-7-11(3-4-12(9)16)13(17)15-6-5-14-10(2)8-15/h3-4,7,10,14,16H,5-6,8H2,1-2H3/t10-/m0/s1.